The Hall–Kier alpha value is -1.55. The topological polar surface area (TPSA) is 66.6 Å². The van der Waals surface area contributed by atoms with Gasteiger partial charge in [-0.15, -0.1) is 0 Å². The van der Waals surface area contributed by atoms with E-state index in [0.29, 0.717) is 30.8 Å². The van der Waals surface area contributed by atoms with Crippen LogP contribution in [0.25, 0.3) is 0 Å². The van der Waals surface area contributed by atoms with E-state index in [-0.39, 0.29) is 5.91 Å². The molecule has 0 aromatic heterocycles. The predicted molar refractivity (Wildman–Crippen MR) is 66.5 cm³/mol. The van der Waals surface area contributed by atoms with Crippen molar-refractivity contribution in [3.63, 3.8) is 0 Å². The number of aliphatic hydroxyl groups is 1. The average molecular weight is 234 g/mol. The summed E-state index contributed by atoms with van der Waals surface area (Å²) in [5.74, 6) is 0.0107. The molecule has 0 spiro atoms. The van der Waals surface area contributed by atoms with Crippen molar-refractivity contribution in [2.24, 2.45) is 0 Å². The molecule has 0 fully saturated rings. The lowest BCUT2D eigenvalue weighted by Gasteiger charge is -2.22. The van der Waals surface area contributed by atoms with Crippen molar-refractivity contribution in [3.05, 3.63) is 29.3 Å². The fraction of sp³-hybridized carbons (Fsp3) is 0.462. The summed E-state index contributed by atoms with van der Waals surface area (Å²) < 4.78 is 0. The summed E-state index contributed by atoms with van der Waals surface area (Å²) in [4.78, 5) is 13.8. The van der Waals surface area contributed by atoms with Gasteiger partial charge >= 0.3 is 0 Å². The number of rotatable bonds is 3. The van der Waals surface area contributed by atoms with Crippen molar-refractivity contribution in [3.8, 4) is 0 Å². The number of hydrogen-bond acceptors (Lipinski definition) is 3. The van der Waals surface area contributed by atoms with Crippen molar-refractivity contribution in [1.82, 2.24) is 4.90 Å². The van der Waals surface area contributed by atoms with Crippen LogP contribution in [0.5, 0.6) is 0 Å². The number of nitrogens with two attached hydrogens (primary N) is 1. The van der Waals surface area contributed by atoms with Crippen LogP contribution in [-0.2, 0) is 6.54 Å². The van der Waals surface area contributed by atoms with Gasteiger partial charge in [0.15, 0.2) is 0 Å². The lowest BCUT2D eigenvalue weighted by atomic mass is 10.1. The molecule has 2 rings (SSSR count). The van der Waals surface area contributed by atoms with Gasteiger partial charge < -0.3 is 15.7 Å². The monoisotopic (exact) mass is 234 g/mol. The summed E-state index contributed by atoms with van der Waals surface area (Å²) in [6.45, 7) is 4.68. The van der Waals surface area contributed by atoms with E-state index in [2.05, 4.69) is 0 Å². The molecule has 0 saturated heterocycles. The maximum absolute atomic E-state index is 12.1. The van der Waals surface area contributed by atoms with Crippen molar-refractivity contribution in [1.29, 1.82) is 0 Å². The highest BCUT2D eigenvalue weighted by Gasteiger charge is 2.28. The van der Waals surface area contributed by atoms with Crippen molar-refractivity contribution in [2.45, 2.75) is 32.4 Å². The van der Waals surface area contributed by atoms with Crippen molar-refractivity contribution >= 4 is 11.6 Å². The number of benzene rings is 1. The smallest absolute Gasteiger partial charge is 0.254 e. The van der Waals surface area contributed by atoms with E-state index in [1.807, 2.05) is 12.1 Å². The first-order chi connectivity index (χ1) is 7.87. The first kappa shape index (κ1) is 11.9. The fourth-order valence-corrected chi connectivity index (χ4v) is 1.97. The van der Waals surface area contributed by atoms with Crippen LogP contribution >= 0.6 is 0 Å². The molecule has 1 aromatic carbocycles. The van der Waals surface area contributed by atoms with Crippen molar-refractivity contribution in [2.75, 3.05) is 12.3 Å². The Morgan fingerprint density at radius 3 is 2.82 bits per heavy atom. The van der Waals surface area contributed by atoms with Crippen LogP contribution in [0, 0.1) is 0 Å². The van der Waals surface area contributed by atoms with Crippen LogP contribution in [0.1, 0.15) is 36.2 Å². The van der Waals surface area contributed by atoms with Crippen molar-refractivity contribution < 1.29 is 9.90 Å². The zero-order valence-corrected chi connectivity index (χ0v) is 10.2. The Balaban J connectivity index is 2.10. The molecule has 0 radical (unpaired) electrons. The second kappa shape index (κ2) is 4.04. The molecule has 0 saturated carbocycles. The summed E-state index contributed by atoms with van der Waals surface area (Å²) >= 11 is 0. The van der Waals surface area contributed by atoms with Crippen LogP contribution in [0.15, 0.2) is 18.2 Å². The molecule has 1 aromatic rings. The number of nitrogens with zero attached hydrogens (tertiary/aromatic N) is 1. The minimum absolute atomic E-state index is 0.0107. The zero-order valence-electron chi connectivity index (χ0n) is 10.2. The zero-order chi connectivity index (χ0) is 12.6. The molecule has 92 valence electrons. The Morgan fingerprint density at radius 2 is 2.18 bits per heavy atom. The minimum atomic E-state index is -0.742. The molecule has 0 atom stereocenters. The number of carbonyl (C=O) groups excluding carboxylic acids is 1. The van der Waals surface area contributed by atoms with Crippen LogP contribution in [-0.4, -0.2) is 28.1 Å². The van der Waals surface area contributed by atoms with E-state index in [4.69, 9.17) is 5.73 Å². The highest BCUT2D eigenvalue weighted by atomic mass is 16.3. The predicted octanol–water partition coefficient (Wildman–Crippen LogP) is 1.39. The normalized spacial score (nSPS) is 15.2. The third-order valence-corrected chi connectivity index (χ3v) is 3.01. The van der Waals surface area contributed by atoms with E-state index in [1.54, 1.807) is 24.8 Å². The van der Waals surface area contributed by atoms with Gasteiger partial charge in [-0.05, 0) is 38.0 Å². The molecule has 17 heavy (non-hydrogen) atoms. The highest BCUT2D eigenvalue weighted by Crippen LogP contribution is 2.25. The van der Waals surface area contributed by atoms with E-state index < -0.39 is 5.60 Å². The lowest BCUT2D eigenvalue weighted by molar-refractivity contribution is 0.0517. The lowest BCUT2D eigenvalue weighted by Crippen LogP contribution is -2.31. The number of anilines is 1. The minimum Gasteiger partial charge on any atom is -0.399 e. The third-order valence-electron chi connectivity index (χ3n) is 3.01. The number of amides is 1. The number of hydrogen-bond donors (Lipinski definition) is 2. The Bertz CT molecular complexity index is 449. The number of fused-ring (bicyclic) bond motifs is 1. The molecule has 1 aliphatic rings. The largest absolute Gasteiger partial charge is 0.399 e. The maximum Gasteiger partial charge on any atom is 0.254 e. The summed E-state index contributed by atoms with van der Waals surface area (Å²) in [6.07, 6.45) is 0.572. The molecule has 0 aliphatic carbocycles. The second-order valence-corrected chi connectivity index (χ2v) is 5.21. The summed E-state index contributed by atoms with van der Waals surface area (Å²) in [7, 11) is 0. The van der Waals surface area contributed by atoms with E-state index in [9.17, 15) is 9.90 Å². The molecule has 4 heteroatoms. The third kappa shape index (κ3) is 2.58. The molecule has 3 N–H and O–H groups in total. The van der Waals surface area contributed by atoms with Crippen LogP contribution in [0.2, 0.25) is 0 Å². The fourth-order valence-electron chi connectivity index (χ4n) is 1.97. The average Bonchev–Trinajstić information content (AvgIpc) is 2.52. The molecular formula is C13H18N2O2. The quantitative estimate of drug-likeness (QED) is 0.777. The van der Waals surface area contributed by atoms with Gasteiger partial charge in [-0.25, -0.2) is 0 Å². The highest BCUT2D eigenvalue weighted by molar-refractivity contribution is 5.99. The van der Waals surface area contributed by atoms with Gasteiger partial charge in [-0.1, -0.05) is 6.07 Å². The summed E-state index contributed by atoms with van der Waals surface area (Å²) in [5, 5.41) is 9.67. The first-order valence-electron chi connectivity index (χ1n) is 5.77. The SMILES string of the molecule is CC(C)(O)CCN1Cc2ccc(N)cc2C1=O. The van der Waals surface area contributed by atoms with E-state index in [0.717, 1.165) is 5.56 Å². The summed E-state index contributed by atoms with van der Waals surface area (Å²) in [6, 6.07) is 5.43. The van der Waals surface area contributed by atoms with Crippen LogP contribution in [0.3, 0.4) is 0 Å². The Kier molecular flexibility index (Phi) is 2.83. The van der Waals surface area contributed by atoms with Gasteiger partial charge in [0.2, 0.25) is 0 Å². The molecular weight excluding hydrogens is 216 g/mol. The van der Waals surface area contributed by atoms with Gasteiger partial charge in [0, 0.05) is 24.3 Å². The molecule has 0 unspecified atom stereocenters. The van der Waals surface area contributed by atoms with Gasteiger partial charge in [0.05, 0.1) is 5.60 Å². The number of nitrogen functional groups attached to an aromatic ring is 1. The van der Waals surface area contributed by atoms with Crippen LogP contribution in [0.4, 0.5) is 5.69 Å². The maximum atomic E-state index is 12.1. The van der Waals surface area contributed by atoms with E-state index >= 15 is 0 Å². The molecule has 1 heterocycles. The molecule has 4 nitrogen and oxygen atoms in total. The van der Waals surface area contributed by atoms with Gasteiger partial charge in [-0.3, -0.25) is 4.79 Å². The second-order valence-electron chi connectivity index (χ2n) is 5.21. The Morgan fingerprint density at radius 1 is 1.47 bits per heavy atom. The molecule has 1 aliphatic heterocycles. The first-order valence-corrected chi connectivity index (χ1v) is 5.77. The van der Waals surface area contributed by atoms with Crippen LogP contribution < -0.4 is 5.73 Å². The van der Waals surface area contributed by atoms with Gasteiger partial charge in [0.25, 0.3) is 5.91 Å². The molecule has 0 bridgehead atoms. The van der Waals surface area contributed by atoms with Gasteiger partial charge in [0.1, 0.15) is 0 Å². The summed E-state index contributed by atoms with van der Waals surface area (Å²) in [5.41, 5.74) is 7.25. The Labute approximate surface area is 101 Å². The standard InChI is InChI=1S/C13H18N2O2/c1-13(2,17)5-6-15-8-9-3-4-10(14)7-11(9)12(15)16/h3-4,7,17H,5-6,8,14H2,1-2H3. The molecule has 1 amide bonds. The van der Waals surface area contributed by atoms with E-state index in [1.165, 1.54) is 0 Å². The number of carbonyl (C=O) groups is 1. The van der Waals surface area contributed by atoms with Gasteiger partial charge in [-0.2, -0.15) is 0 Å².